The summed E-state index contributed by atoms with van der Waals surface area (Å²) >= 11 is 0. The molecule has 108 valence electrons. The summed E-state index contributed by atoms with van der Waals surface area (Å²) in [5, 5.41) is 3.50. The zero-order valence-corrected chi connectivity index (χ0v) is 12.1. The minimum absolute atomic E-state index is 0.0608. The summed E-state index contributed by atoms with van der Waals surface area (Å²) in [6.45, 7) is 10.5. The summed E-state index contributed by atoms with van der Waals surface area (Å²) in [5.41, 5.74) is 0. The van der Waals surface area contributed by atoms with Crippen LogP contribution in [0, 0.1) is 5.92 Å². The molecule has 1 heterocycles. The molecule has 1 aliphatic rings. The van der Waals surface area contributed by atoms with Gasteiger partial charge in [0.05, 0.1) is 6.10 Å². The van der Waals surface area contributed by atoms with Gasteiger partial charge in [-0.25, -0.2) is 0 Å². The second-order valence-electron chi connectivity index (χ2n) is 4.70. The summed E-state index contributed by atoms with van der Waals surface area (Å²) in [6.07, 6.45) is 3.60. The fourth-order valence-electron chi connectivity index (χ4n) is 2.47. The molecule has 18 heavy (non-hydrogen) atoms. The summed E-state index contributed by atoms with van der Waals surface area (Å²) < 4.78 is 16.7. The van der Waals surface area contributed by atoms with Crippen LogP contribution in [0.25, 0.3) is 0 Å². The van der Waals surface area contributed by atoms with Gasteiger partial charge >= 0.3 is 0 Å². The highest BCUT2D eigenvalue weighted by atomic mass is 16.7. The molecule has 0 radical (unpaired) electrons. The molecule has 1 saturated heterocycles. The Kier molecular flexibility index (Phi) is 8.59. The van der Waals surface area contributed by atoms with Crippen LogP contribution in [-0.4, -0.2) is 45.3 Å². The number of nitrogens with one attached hydrogen (secondary N) is 1. The average molecular weight is 259 g/mol. The van der Waals surface area contributed by atoms with Crippen molar-refractivity contribution in [1.29, 1.82) is 0 Å². The molecule has 4 heteroatoms. The van der Waals surface area contributed by atoms with Gasteiger partial charge in [0.15, 0.2) is 6.29 Å². The van der Waals surface area contributed by atoms with E-state index in [1.54, 1.807) is 0 Å². The van der Waals surface area contributed by atoms with Gasteiger partial charge in [0.2, 0.25) is 0 Å². The Balaban J connectivity index is 2.09. The molecule has 0 amide bonds. The lowest BCUT2D eigenvalue weighted by Crippen LogP contribution is -2.31. The van der Waals surface area contributed by atoms with E-state index in [1.807, 2.05) is 13.8 Å². The van der Waals surface area contributed by atoms with E-state index in [0.29, 0.717) is 25.2 Å². The van der Waals surface area contributed by atoms with Crippen molar-refractivity contribution in [1.82, 2.24) is 5.32 Å². The van der Waals surface area contributed by atoms with Crippen molar-refractivity contribution < 1.29 is 14.2 Å². The standard InChI is InChI=1S/C14H29NO3/c1-4-13-12(8-10-18-13)11-15-9-7-14(16-5-2)17-6-3/h12-15H,4-11H2,1-3H3. The Morgan fingerprint density at radius 3 is 2.56 bits per heavy atom. The van der Waals surface area contributed by atoms with Crippen molar-refractivity contribution in [2.75, 3.05) is 32.9 Å². The van der Waals surface area contributed by atoms with Crippen LogP contribution in [-0.2, 0) is 14.2 Å². The van der Waals surface area contributed by atoms with Gasteiger partial charge < -0.3 is 19.5 Å². The Morgan fingerprint density at radius 1 is 1.22 bits per heavy atom. The molecule has 2 unspecified atom stereocenters. The van der Waals surface area contributed by atoms with Gasteiger partial charge in [0, 0.05) is 32.8 Å². The van der Waals surface area contributed by atoms with Crippen molar-refractivity contribution in [3.05, 3.63) is 0 Å². The molecule has 0 aromatic heterocycles. The number of hydrogen-bond donors (Lipinski definition) is 1. The number of ether oxygens (including phenoxy) is 3. The second-order valence-corrected chi connectivity index (χ2v) is 4.70. The Bertz CT molecular complexity index is 195. The first-order chi connectivity index (χ1) is 8.81. The van der Waals surface area contributed by atoms with Gasteiger partial charge in [-0.15, -0.1) is 0 Å². The normalized spacial score (nSPS) is 24.0. The van der Waals surface area contributed by atoms with E-state index >= 15 is 0 Å². The van der Waals surface area contributed by atoms with Crippen molar-refractivity contribution in [3.8, 4) is 0 Å². The monoisotopic (exact) mass is 259 g/mol. The molecule has 0 spiro atoms. The number of rotatable bonds is 10. The van der Waals surface area contributed by atoms with Crippen LogP contribution in [0.15, 0.2) is 0 Å². The van der Waals surface area contributed by atoms with Gasteiger partial charge in [-0.05, 0) is 39.2 Å². The molecule has 0 aliphatic carbocycles. The van der Waals surface area contributed by atoms with E-state index < -0.39 is 0 Å². The molecule has 2 atom stereocenters. The first-order valence-electron chi connectivity index (χ1n) is 7.37. The molecule has 1 rings (SSSR count). The Morgan fingerprint density at radius 2 is 1.94 bits per heavy atom. The van der Waals surface area contributed by atoms with Gasteiger partial charge in [0.25, 0.3) is 0 Å². The smallest absolute Gasteiger partial charge is 0.158 e. The molecular weight excluding hydrogens is 230 g/mol. The molecule has 1 N–H and O–H groups in total. The van der Waals surface area contributed by atoms with Crippen LogP contribution in [0.1, 0.15) is 40.0 Å². The average Bonchev–Trinajstić information content (AvgIpc) is 2.82. The minimum atomic E-state index is -0.0608. The van der Waals surface area contributed by atoms with Crippen molar-refractivity contribution >= 4 is 0 Å². The number of hydrogen-bond acceptors (Lipinski definition) is 4. The molecule has 0 aromatic rings. The molecule has 1 aliphatic heterocycles. The first-order valence-corrected chi connectivity index (χ1v) is 7.37. The molecule has 0 saturated carbocycles. The minimum Gasteiger partial charge on any atom is -0.378 e. The lowest BCUT2D eigenvalue weighted by Gasteiger charge is -2.19. The molecule has 4 nitrogen and oxygen atoms in total. The van der Waals surface area contributed by atoms with E-state index in [9.17, 15) is 0 Å². The van der Waals surface area contributed by atoms with E-state index in [0.717, 1.165) is 32.5 Å². The zero-order chi connectivity index (χ0) is 13.2. The largest absolute Gasteiger partial charge is 0.378 e. The summed E-state index contributed by atoms with van der Waals surface area (Å²) in [4.78, 5) is 0. The molecule has 0 bridgehead atoms. The maximum Gasteiger partial charge on any atom is 0.158 e. The third kappa shape index (κ3) is 5.65. The lowest BCUT2D eigenvalue weighted by molar-refractivity contribution is -0.138. The van der Waals surface area contributed by atoms with Crippen LogP contribution < -0.4 is 5.32 Å². The van der Waals surface area contributed by atoms with Gasteiger partial charge in [-0.2, -0.15) is 0 Å². The Labute approximate surface area is 111 Å². The zero-order valence-electron chi connectivity index (χ0n) is 12.1. The highest BCUT2D eigenvalue weighted by Gasteiger charge is 2.25. The highest BCUT2D eigenvalue weighted by molar-refractivity contribution is 4.76. The third-order valence-corrected chi connectivity index (χ3v) is 3.42. The van der Waals surface area contributed by atoms with Gasteiger partial charge in [0.1, 0.15) is 0 Å². The van der Waals surface area contributed by atoms with Crippen LogP contribution >= 0.6 is 0 Å². The fourth-order valence-corrected chi connectivity index (χ4v) is 2.47. The van der Waals surface area contributed by atoms with Crippen molar-refractivity contribution in [3.63, 3.8) is 0 Å². The maximum absolute atomic E-state index is 5.68. The molecule has 1 fully saturated rings. The van der Waals surface area contributed by atoms with Gasteiger partial charge in [-0.3, -0.25) is 0 Å². The fraction of sp³-hybridized carbons (Fsp3) is 1.00. The summed E-state index contributed by atoms with van der Waals surface area (Å²) in [6, 6.07) is 0. The molecular formula is C14H29NO3. The second kappa shape index (κ2) is 9.73. The van der Waals surface area contributed by atoms with Crippen molar-refractivity contribution in [2.45, 2.75) is 52.4 Å². The van der Waals surface area contributed by atoms with Crippen LogP contribution in [0.3, 0.4) is 0 Å². The predicted molar refractivity (Wildman–Crippen MR) is 72.7 cm³/mol. The van der Waals surface area contributed by atoms with E-state index in [2.05, 4.69) is 12.2 Å². The van der Waals surface area contributed by atoms with E-state index in [-0.39, 0.29) is 6.29 Å². The summed E-state index contributed by atoms with van der Waals surface area (Å²) in [5.74, 6) is 0.674. The topological polar surface area (TPSA) is 39.7 Å². The maximum atomic E-state index is 5.68. The van der Waals surface area contributed by atoms with Crippen molar-refractivity contribution in [2.24, 2.45) is 5.92 Å². The van der Waals surface area contributed by atoms with E-state index in [4.69, 9.17) is 14.2 Å². The SMILES string of the molecule is CCOC(CCNCC1CCOC1CC)OCC. The quantitative estimate of drug-likeness (QED) is 0.482. The lowest BCUT2D eigenvalue weighted by atomic mass is 10.00. The highest BCUT2D eigenvalue weighted by Crippen LogP contribution is 2.22. The third-order valence-electron chi connectivity index (χ3n) is 3.42. The summed E-state index contributed by atoms with van der Waals surface area (Å²) in [7, 11) is 0. The van der Waals surface area contributed by atoms with Crippen LogP contribution in [0.4, 0.5) is 0 Å². The Hall–Kier alpha value is -0.160. The van der Waals surface area contributed by atoms with E-state index in [1.165, 1.54) is 6.42 Å². The predicted octanol–water partition coefficient (Wildman–Crippen LogP) is 2.18. The molecule has 0 aromatic carbocycles. The van der Waals surface area contributed by atoms with Crippen LogP contribution in [0.2, 0.25) is 0 Å². The first kappa shape index (κ1) is 15.9. The van der Waals surface area contributed by atoms with Crippen LogP contribution in [0.5, 0.6) is 0 Å². The van der Waals surface area contributed by atoms with Gasteiger partial charge in [-0.1, -0.05) is 6.92 Å².